The maximum absolute atomic E-state index is 12.1. The fourth-order valence-corrected chi connectivity index (χ4v) is 3.89. The molecular weight excluding hydrogens is 350 g/mol. The number of carbonyl (C=O) groups excluding carboxylic acids is 2. The van der Waals surface area contributed by atoms with Crippen molar-refractivity contribution in [2.75, 3.05) is 13.1 Å². The standard InChI is InChI=1S/C19H21N3O3S/c23-17(20-10-16-11-22(15-7-8-15)19(24)25-16)9-6-14-12-26-18(21-14)13-4-2-1-3-5-13/h1-5,12,15-16H,6-11H2,(H,20,23). The summed E-state index contributed by atoms with van der Waals surface area (Å²) in [5, 5.41) is 5.84. The number of hydrogen-bond acceptors (Lipinski definition) is 5. The summed E-state index contributed by atoms with van der Waals surface area (Å²) in [6.07, 6.45) is 2.62. The van der Waals surface area contributed by atoms with Crippen LogP contribution in [0.1, 0.15) is 25.0 Å². The molecule has 26 heavy (non-hydrogen) atoms. The molecule has 2 aliphatic rings. The second-order valence-corrected chi connectivity index (χ2v) is 7.56. The fraction of sp³-hybridized carbons (Fsp3) is 0.421. The van der Waals surface area contributed by atoms with Gasteiger partial charge in [0.05, 0.1) is 18.8 Å². The van der Waals surface area contributed by atoms with Gasteiger partial charge in [-0.3, -0.25) is 4.79 Å². The average molecular weight is 371 g/mol. The predicted octanol–water partition coefficient (Wildman–Crippen LogP) is 2.84. The normalized spacial score (nSPS) is 19.5. The van der Waals surface area contributed by atoms with Crippen LogP contribution in [0.4, 0.5) is 4.79 Å². The van der Waals surface area contributed by atoms with Crippen molar-refractivity contribution in [1.29, 1.82) is 0 Å². The Hall–Kier alpha value is -2.41. The van der Waals surface area contributed by atoms with Crippen LogP contribution in [0.15, 0.2) is 35.7 Å². The summed E-state index contributed by atoms with van der Waals surface area (Å²) in [4.78, 5) is 30.2. The van der Waals surface area contributed by atoms with Gasteiger partial charge in [-0.1, -0.05) is 30.3 Å². The Bertz CT molecular complexity index is 788. The smallest absolute Gasteiger partial charge is 0.410 e. The quantitative estimate of drug-likeness (QED) is 0.812. The number of cyclic esters (lactones) is 1. The highest BCUT2D eigenvalue weighted by Gasteiger charge is 2.40. The molecule has 4 rings (SSSR count). The SMILES string of the molecule is O=C(CCc1csc(-c2ccccc2)n1)NCC1CN(C2CC2)C(=O)O1. The molecule has 0 spiro atoms. The summed E-state index contributed by atoms with van der Waals surface area (Å²) >= 11 is 1.59. The van der Waals surface area contributed by atoms with Crippen LogP contribution in [0.25, 0.3) is 10.6 Å². The summed E-state index contributed by atoms with van der Waals surface area (Å²) in [6, 6.07) is 10.4. The van der Waals surface area contributed by atoms with Gasteiger partial charge in [-0.05, 0) is 19.3 Å². The molecule has 1 aromatic heterocycles. The topological polar surface area (TPSA) is 71.5 Å². The van der Waals surface area contributed by atoms with Gasteiger partial charge in [-0.25, -0.2) is 9.78 Å². The fourth-order valence-electron chi connectivity index (χ4n) is 3.02. The van der Waals surface area contributed by atoms with Gasteiger partial charge in [-0.15, -0.1) is 11.3 Å². The Morgan fingerprint density at radius 2 is 2.12 bits per heavy atom. The van der Waals surface area contributed by atoms with Crippen molar-refractivity contribution in [1.82, 2.24) is 15.2 Å². The first-order chi connectivity index (χ1) is 12.7. The zero-order valence-corrected chi connectivity index (χ0v) is 15.2. The summed E-state index contributed by atoms with van der Waals surface area (Å²) in [7, 11) is 0. The Labute approximate surface area is 156 Å². The van der Waals surface area contributed by atoms with Crippen molar-refractivity contribution >= 4 is 23.3 Å². The third-order valence-electron chi connectivity index (χ3n) is 4.60. The number of amides is 2. The number of aryl methyl sites for hydroxylation is 1. The number of ether oxygens (including phenoxy) is 1. The van der Waals surface area contributed by atoms with Crippen molar-refractivity contribution in [3.8, 4) is 10.6 Å². The molecule has 2 fully saturated rings. The summed E-state index contributed by atoms with van der Waals surface area (Å²) in [6.45, 7) is 0.955. The molecule has 0 bridgehead atoms. The van der Waals surface area contributed by atoms with Crippen LogP contribution in [0.5, 0.6) is 0 Å². The summed E-state index contributed by atoms with van der Waals surface area (Å²) in [5.74, 6) is -0.0415. The molecule has 0 radical (unpaired) electrons. The van der Waals surface area contributed by atoms with E-state index in [9.17, 15) is 9.59 Å². The highest BCUT2D eigenvalue weighted by atomic mass is 32.1. The molecule has 2 amide bonds. The molecule has 136 valence electrons. The second-order valence-electron chi connectivity index (χ2n) is 6.70. The third-order valence-corrected chi connectivity index (χ3v) is 5.54. The molecule has 1 aromatic carbocycles. The van der Waals surface area contributed by atoms with E-state index in [1.54, 1.807) is 16.2 Å². The van der Waals surface area contributed by atoms with Gasteiger partial charge in [-0.2, -0.15) is 0 Å². The van der Waals surface area contributed by atoms with Crippen molar-refractivity contribution in [2.24, 2.45) is 0 Å². The first-order valence-corrected chi connectivity index (χ1v) is 9.81. The van der Waals surface area contributed by atoms with Gasteiger partial charge < -0.3 is 15.0 Å². The number of carbonyl (C=O) groups is 2. The molecule has 1 aliphatic carbocycles. The highest BCUT2D eigenvalue weighted by Crippen LogP contribution is 2.30. The third kappa shape index (κ3) is 4.04. The van der Waals surface area contributed by atoms with Crippen LogP contribution in [0.3, 0.4) is 0 Å². The lowest BCUT2D eigenvalue weighted by Crippen LogP contribution is -2.35. The summed E-state index contributed by atoms with van der Waals surface area (Å²) in [5.41, 5.74) is 2.02. The molecule has 1 aliphatic heterocycles. The number of thiazole rings is 1. The molecule has 7 heteroatoms. The summed E-state index contributed by atoms with van der Waals surface area (Å²) < 4.78 is 5.30. The first-order valence-electron chi connectivity index (χ1n) is 8.93. The predicted molar refractivity (Wildman–Crippen MR) is 98.9 cm³/mol. The van der Waals surface area contributed by atoms with Crippen LogP contribution in [0, 0.1) is 0 Å². The zero-order chi connectivity index (χ0) is 17.9. The van der Waals surface area contributed by atoms with Crippen LogP contribution >= 0.6 is 11.3 Å². The van der Waals surface area contributed by atoms with Gasteiger partial charge in [0.15, 0.2) is 0 Å². The maximum atomic E-state index is 12.1. The van der Waals surface area contributed by atoms with Gasteiger partial charge >= 0.3 is 6.09 Å². The highest BCUT2D eigenvalue weighted by molar-refractivity contribution is 7.13. The number of nitrogens with one attached hydrogen (secondary N) is 1. The lowest BCUT2D eigenvalue weighted by atomic mass is 10.2. The molecule has 6 nitrogen and oxygen atoms in total. The molecule has 1 N–H and O–H groups in total. The number of benzene rings is 1. The van der Waals surface area contributed by atoms with Crippen molar-refractivity contribution < 1.29 is 14.3 Å². The molecule has 2 heterocycles. The Kier molecular flexibility index (Phi) is 4.88. The minimum Gasteiger partial charge on any atom is -0.442 e. The van der Waals surface area contributed by atoms with Crippen LogP contribution < -0.4 is 5.32 Å². The molecule has 2 aromatic rings. The Morgan fingerprint density at radius 3 is 2.88 bits per heavy atom. The molecule has 1 atom stereocenters. The minimum atomic E-state index is -0.248. The van der Waals surface area contributed by atoms with Gasteiger partial charge in [0.25, 0.3) is 0 Å². The van der Waals surface area contributed by atoms with Crippen molar-refractivity contribution in [2.45, 2.75) is 37.8 Å². The lowest BCUT2D eigenvalue weighted by Gasteiger charge is -2.11. The molecular formula is C19H21N3O3S. The van der Waals surface area contributed by atoms with Crippen LogP contribution in [-0.4, -0.2) is 47.1 Å². The van der Waals surface area contributed by atoms with Crippen LogP contribution in [0.2, 0.25) is 0 Å². The molecule has 1 unspecified atom stereocenters. The van der Waals surface area contributed by atoms with Crippen LogP contribution in [-0.2, 0) is 16.0 Å². The first kappa shape index (κ1) is 17.0. The number of rotatable bonds is 7. The zero-order valence-electron chi connectivity index (χ0n) is 14.4. The van der Waals surface area contributed by atoms with Gasteiger partial charge in [0.2, 0.25) is 5.91 Å². The van der Waals surface area contributed by atoms with E-state index < -0.39 is 0 Å². The van der Waals surface area contributed by atoms with E-state index in [0.29, 0.717) is 32.0 Å². The van der Waals surface area contributed by atoms with E-state index in [4.69, 9.17) is 4.74 Å². The molecule has 1 saturated heterocycles. The lowest BCUT2D eigenvalue weighted by molar-refractivity contribution is -0.121. The Balaban J connectivity index is 1.21. The van der Waals surface area contributed by atoms with Gasteiger partial charge in [0.1, 0.15) is 11.1 Å². The van der Waals surface area contributed by atoms with Crippen molar-refractivity contribution in [3.05, 3.63) is 41.4 Å². The van der Waals surface area contributed by atoms with E-state index >= 15 is 0 Å². The monoisotopic (exact) mass is 371 g/mol. The number of nitrogens with zero attached hydrogens (tertiary/aromatic N) is 2. The largest absolute Gasteiger partial charge is 0.442 e. The van der Waals surface area contributed by atoms with Gasteiger partial charge in [0, 0.05) is 23.4 Å². The minimum absolute atomic E-state index is 0.0415. The Morgan fingerprint density at radius 1 is 1.31 bits per heavy atom. The van der Waals surface area contributed by atoms with E-state index in [1.807, 2.05) is 35.7 Å². The van der Waals surface area contributed by atoms with E-state index in [2.05, 4.69) is 10.3 Å². The maximum Gasteiger partial charge on any atom is 0.410 e. The molecule has 1 saturated carbocycles. The van der Waals surface area contributed by atoms with E-state index in [-0.39, 0.29) is 18.1 Å². The van der Waals surface area contributed by atoms with Crippen molar-refractivity contribution in [3.63, 3.8) is 0 Å². The number of aromatic nitrogens is 1. The second kappa shape index (κ2) is 7.45. The average Bonchev–Trinajstić information content (AvgIpc) is 3.27. The number of hydrogen-bond donors (Lipinski definition) is 1. The van der Waals surface area contributed by atoms with E-state index in [1.165, 1.54) is 0 Å². The van der Waals surface area contributed by atoms with E-state index in [0.717, 1.165) is 29.1 Å².